The number of carbonyl (C=O) groups is 1. The summed E-state index contributed by atoms with van der Waals surface area (Å²) in [6.45, 7) is 7.66. The van der Waals surface area contributed by atoms with E-state index >= 15 is 0 Å². The Balaban J connectivity index is 1.41. The number of amides is 1. The zero-order valence-electron chi connectivity index (χ0n) is 19.4. The van der Waals surface area contributed by atoms with Gasteiger partial charge in [0.05, 0.1) is 54.2 Å². The van der Waals surface area contributed by atoms with Gasteiger partial charge in [0, 0.05) is 26.2 Å². The fourth-order valence-electron chi connectivity index (χ4n) is 3.86. The van der Waals surface area contributed by atoms with Crippen LogP contribution >= 0.6 is 0 Å². The number of morpholine rings is 1. The predicted molar refractivity (Wildman–Crippen MR) is 132 cm³/mol. The van der Waals surface area contributed by atoms with E-state index in [2.05, 4.69) is 37.3 Å². The molecule has 0 bridgehead atoms. The molecular formula is C24H29N7O3. The largest absolute Gasteiger partial charge is 0.394 e. The zero-order chi connectivity index (χ0) is 24.1. The van der Waals surface area contributed by atoms with Crippen molar-refractivity contribution in [2.75, 3.05) is 41.8 Å². The van der Waals surface area contributed by atoms with Gasteiger partial charge < -0.3 is 25.4 Å². The highest BCUT2D eigenvalue weighted by molar-refractivity contribution is 6.04. The maximum atomic E-state index is 12.9. The maximum Gasteiger partial charge on any atom is 0.258 e. The van der Waals surface area contributed by atoms with E-state index in [1.807, 2.05) is 43.4 Å². The Hall–Kier alpha value is -3.76. The van der Waals surface area contributed by atoms with Gasteiger partial charge in [-0.05, 0) is 37.9 Å². The number of aryl methyl sites for hydroxylation is 2. The van der Waals surface area contributed by atoms with E-state index < -0.39 is 0 Å². The Labute approximate surface area is 198 Å². The molecule has 178 valence electrons. The lowest BCUT2D eigenvalue weighted by Crippen LogP contribution is -2.44. The van der Waals surface area contributed by atoms with E-state index in [4.69, 9.17) is 4.74 Å². The second kappa shape index (κ2) is 10.4. The number of nitrogens with one attached hydrogen (secondary N) is 2. The summed E-state index contributed by atoms with van der Waals surface area (Å²) in [6.07, 6.45) is -0.229. The number of aliphatic hydroxyl groups is 1. The van der Waals surface area contributed by atoms with Gasteiger partial charge >= 0.3 is 0 Å². The van der Waals surface area contributed by atoms with Crippen LogP contribution in [-0.2, 0) is 18.3 Å². The van der Waals surface area contributed by atoms with Gasteiger partial charge in [0.25, 0.3) is 5.91 Å². The highest BCUT2D eigenvalue weighted by Crippen LogP contribution is 2.24. The molecule has 10 heteroatoms. The molecule has 0 aliphatic carbocycles. The van der Waals surface area contributed by atoms with Crippen LogP contribution in [0.1, 0.15) is 21.7 Å². The molecule has 1 atom stereocenters. The molecule has 1 unspecified atom stereocenters. The van der Waals surface area contributed by atoms with Crippen LogP contribution in [0.25, 0.3) is 0 Å². The quantitative estimate of drug-likeness (QED) is 0.440. The Morgan fingerprint density at radius 2 is 2.15 bits per heavy atom. The van der Waals surface area contributed by atoms with E-state index in [-0.39, 0.29) is 18.6 Å². The number of aromatic nitrogens is 3. The molecule has 1 aliphatic heterocycles. The minimum atomic E-state index is -0.273. The van der Waals surface area contributed by atoms with E-state index in [0.29, 0.717) is 43.3 Å². The third-order valence-electron chi connectivity index (χ3n) is 5.73. The number of aliphatic hydroxyl groups excluding tert-OH is 1. The second-order valence-corrected chi connectivity index (χ2v) is 8.05. The van der Waals surface area contributed by atoms with Crippen LogP contribution in [0.2, 0.25) is 0 Å². The van der Waals surface area contributed by atoms with Crippen LogP contribution < -0.4 is 15.5 Å². The summed E-state index contributed by atoms with van der Waals surface area (Å²) in [7, 11) is 1.83. The Morgan fingerprint density at radius 3 is 2.91 bits per heavy atom. The van der Waals surface area contributed by atoms with Crippen molar-refractivity contribution in [3.63, 3.8) is 0 Å². The van der Waals surface area contributed by atoms with Gasteiger partial charge in [-0.25, -0.2) is 4.98 Å². The number of nitrogens with zero attached hydrogens (tertiary/aromatic N) is 5. The number of anilines is 3. The van der Waals surface area contributed by atoms with Crippen molar-refractivity contribution in [2.24, 2.45) is 12.0 Å². The average Bonchev–Trinajstić information content (AvgIpc) is 3.21. The van der Waals surface area contributed by atoms with Crippen LogP contribution in [0.5, 0.6) is 0 Å². The summed E-state index contributed by atoms with van der Waals surface area (Å²) < 4.78 is 7.22. The van der Waals surface area contributed by atoms with Crippen LogP contribution in [-0.4, -0.2) is 64.9 Å². The first kappa shape index (κ1) is 23.4. The lowest BCUT2D eigenvalue weighted by atomic mass is 10.1. The SMILES string of the molecule is C=Nc1ccccc1NCc1cc(NC(=O)c2ccc(N3CCOC(CO)C3)nc2C)nn1C. The standard InChI is InChI=1S/C24H29N7O3/c1-16-19(8-9-23(27-16)31-10-11-34-18(14-31)15-32)24(33)28-22-12-17(30(3)29-22)13-26-21-7-5-4-6-20(21)25-2/h4-9,12,18,26,32H,2,10-11,13-15H2,1,3H3,(H,28,29,33). The molecule has 0 spiro atoms. The number of hydrogen-bond acceptors (Lipinski definition) is 8. The number of carbonyl (C=O) groups excluding carboxylic acids is 1. The number of benzene rings is 1. The molecule has 1 saturated heterocycles. The molecule has 2 aromatic heterocycles. The van der Waals surface area contributed by atoms with Gasteiger partial charge in [0.15, 0.2) is 5.82 Å². The lowest BCUT2D eigenvalue weighted by Gasteiger charge is -2.33. The van der Waals surface area contributed by atoms with Crippen molar-refractivity contribution < 1.29 is 14.6 Å². The fourth-order valence-corrected chi connectivity index (χ4v) is 3.86. The Morgan fingerprint density at radius 1 is 1.32 bits per heavy atom. The molecule has 4 rings (SSSR count). The molecule has 1 amide bonds. The minimum absolute atomic E-state index is 0.0325. The van der Waals surface area contributed by atoms with Crippen molar-refractivity contribution in [1.29, 1.82) is 0 Å². The summed E-state index contributed by atoms with van der Waals surface area (Å²) in [5, 5.41) is 20.0. The number of rotatable bonds is 8. The number of aliphatic imine (C=N–C) groups is 1. The molecule has 3 aromatic rings. The highest BCUT2D eigenvalue weighted by atomic mass is 16.5. The lowest BCUT2D eigenvalue weighted by molar-refractivity contribution is 0.00335. The van der Waals surface area contributed by atoms with Gasteiger partial charge in [-0.15, -0.1) is 0 Å². The summed E-state index contributed by atoms with van der Waals surface area (Å²) in [5.41, 5.74) is 3.63. The third kappa shape index (κ3) is 5.24. The van der Waals surface area contributed by atoms with Crippen LogP contribution in [0.4, 0.5) is 23.0 Å². The minimum Gasteiger partial charge on any atom is -0.394 e. The van der Waals surface area contributed by atoms with Gasteiger partial charge in [0.1, 0.15) is 5.82 Å². The van der Waals surface area contributed by atoms with Gasteiger partial charge in [-0.3, -0.25) is 14.5 Å². The van der Waals surface area contributed by atoms with Crippen molar-refractivity contribution in [3.8, 4) is 0 Å². The summed E-state index contributed by atoms with van der Waals surface area (Å²) in [4.78, 5) is 23.6. The van der Waals surface area contributed by atoms with Crippen LogP contribution in [0.3, 0.4) is 0 Å². The number of pyridine rings is 1. The van der Waals surface area contributed by atoms with E-state index in [1.165, 1.54) is 0 Å². The molecule has 10 nitrogen and oxygen atoms in total. The molecule has 1 fully saturated rings. The summed E-state index contributed by atoms with van der Waals surface area (Å²) >= 11 is 0. The zero-order valence-corrected chi connectivity index (χ0v) is 19.4. The van der Waals surface area contributed by atoms with Gasteiger partial charge in [-0.1, -0.05) is 12.1 Å². The summed E-state index contributed by atoms with van der Waals surface area (Å²) in [6, 6.07) is 13.1. The van der Waals surface area contributed by atoms with Crippen molar-refractivity contribution >= 4 is 35.6 Å². The van der Waals surface area contributed by atoms with E-state index in [0.717, 1.165) is 22.9 Å². The molecular weight excluding hydrogens is 434 g/mol. The molecule has 1 aliphatic rings. The molecule has 1 aromatic carbocycles. The fraction of sp³-hybridized carbons (Fsp3) is 0.333. The normalized spacial score (nSPS) is 15.7. The van der Waals surface area contributed by atoms with Gasteiger partial charge in [-0.2, -0.15) is 5.10 Å². The smallest absolute Gasteiger partial charge is 0.258 e. The topological polar surface area (TPSA) is 117 Å². The molecule has 3 N–H and O–H groups in total. The first-order chi connectivity index (χ1) is 16.5. The first-order valence-electron chi connectivity index (χ1n) is 11.1. The van der Waals surface area contributed by atoms with Crippen molar-refractivity contribution in [2.45, 2.75) is 19.6 Å². The maximum absolute atomic E-state index is 12.9. The highest BCUT2D eigenvalue weighted by Gasteiger charge is 2.22. The van der Waals surface area contributed by atoms with E-state index in [1.54, 1.807) is 17.7 Å². The average molecular weight is 464 g/mol. The number of para-hydroxylation sites is 2. The Bertz CT molecular complexity index is 1180. The van der Waals surface area contributed by atoms with Crippen molar-refractivity contribution in [3.05, 3.63) is 59.4 Å². The van der Waals surface area contributed by atoms with Crippen molar-refractivity contribution in [1.82, 2.24) is 14.8 Å². The number of hydrogen-bond donors (Lipinski definition) is 3. The monoisotopic (exact) mass is 463 g/mol. The molecule has 3 heterocycles. The van der Waals surface area contributed by atoms with Crippen LogP contribution in [0.15, 0.2) is 47.5 Å². The van der Waals surface area contributed by atoms with Crippen LogP contribution in [0, 0.1) is 6.92 Å². The predicted octanol–water partition coefficient (Wildman–Crippen LogP) is 2.52. The van der Waals surface area contributed by atoms with Gasteiger partial charge in [0.2, 0.25) is 0 Å². The third-order valence-corrected chi connectivity index (χ3v) is 5.73. The van der Waals surface area contributed by atoms with E-state index in [9.17, 15) is 9.90 Å². The molecule has 0 radical (unpaired) electrons. The summed E-state index contributed by atoms with van der Waals surface area (Å²) in [5.74, 6) is 0.948. The Kier molecular flexibility index (Phi) is 7.19. The first-order valence-corrected chi connectivity index (χ1v) is 11.1. The molecule has 0 saturated carbocycles. The number of ether oxygens (including phenoxy) is 1. The second-order valence-electron chi connectivity index (χ2n) is 8.05. The molecule has 34 heavy (non-hydrogen) atoms.